The Morgan fingerprint density at radius 3 is 2.64 bits per heavy atom. The number of benzene rings is 1. The van der Waals surface area contributed by atoms with Crippen LogP contribution in [0, 0.1) is 19.7 Å². The van der Waals surface area contributed by atoms with E-state index >= 15 is 0 Å². The van der Waals surface area contributed by atoms with Gasteiger partial charge in [0.2, 0.25) is 0 Å². The van der Waals surface area contributed by atoms with Gasteiger partial charge in [-0.15, -0.1) is 0 Å². The van der Waals surface area contributed by atoms with Crippen LogP contribution < -0.4 is 0 Å². The normalized spacial score (nSPS) is 10.8. The average molecular weight is 342 g/mol. The molecule has 3 rings (SSSR count). The molecule has 0 radical (unpaired) electrons. The molecule has 0 unspecified atom stereocenters. The minimum Gasteiger partial charge on any atom is -0.457 e. The van der Waals surface area contributed by atoms with E-state index in [4.69, 9.17) is 4.74 Å². The van der Waals surface area contributed by atoms with Crippen LogP contribution in [-0.2, 0) is 16.0 Å². The first-order chi connectivity index (χ1) is 12.0. The molecule has 25 heavy (non-hydrogen) atoms. The topological polar surface area (TPSA) is 86.4 Å². The second-order valence-corrected chi connectivity index (χ2v) is 5.50. The van der Waals surface area contributed by atoms with E-state index in [0.29, 0.717) is 17.0 Å². The minimum atomic E-state index is -0.553. The maximum absolute atomic E-state index is 12.9. The van der Waals surface area contributed by atoms with E-state index in [9.17, 15) is 14.0 Å². The summed E-state index contributed by atoms with van der Waals surface area (Å²) in [6, 6.07) is 5.06. The van der Waals surface area contributed by atoms with Gasteiger partial charge in [0, 0.05) is 22.5 Å². The fourth-order valence-corrected chi connectivity index (χ4v) is 2.47. The molecule has 0 spiro atoms. The van der Waals surface area contributed by atoms with Crippen molar-refractivity contribution in [2.75, 3.05) is 6.61 Å². The van der Waals surface area contributed by atoms with Gasteiger partial charge in [0.05, 0.1) is 6.42 Å². The van der Waals surface area contributed by atoms with Gasteiger partial charge in [0.15, 0.2) is 12.4 Å². The lowest BCUT2D eigenvalue weighted by atomic mass is 10.1. The predicted octanol–water partition coefficient (Wildman–Crippen LogP) is 1.85. The van der Waals surface area contributed by atoms with Crippen molar-refractivity contribution in [2.24, 2.45) is 0 Å². The third-order valence-corrected chi connectivity index (χ3v) is 3.84. The van der Waals surface area contributed by atoms with E-state index in [2.05, 4.69) is 15.1 Å². The van der Waals surface area contributed by atoms with Crippen molar-refractivity contribution in [3.8, 4) is 0 Å². The predicted molar refractivity (Wildman–Crippen MR) is 85.6 cm³/mol. The number of fused-ring (bicyclic) bond motifs is 1. The van der Waals surface area contributed by atoms with Gasteiger partial charge in [-0.3, -0.25) is 9.59 Å². The Morgan fingerprint density at radius 2 is 1.92 bits per heavy atom. The SMILES string of the molecule is Cc1nc2ncnn2c(C)c1CC(=O)OCC(=O)c1ccc(F)cc1. The van der Waals surface area contributed by atoms with Gasteiger partial charge in [0.25, 0.3) is 5.78 Å². The number of rotatable bonds is 5. The molecule has 0 bridgehead atoms. The molecule has 2 aromatic heterocycles. The summed E-state index contributed by atoms with van der Waals surface area (Å²) in [6.07, 6.45) is 1.36. The van der Waals surface area contributed by atoms with Crippen molar-refractivity contribution in [2.45, 2.75) is 20.3 Å². The zero-order valence-corrected chi connectivity index (χ0v) is 13.7. The molecule has 0 fully saturated rings. The molecule has 128 valence electrons. The zero-order valence-electron chi connectivity index (χ0n) is 13.7. The number of esters is 1. The standard InChI is InChI=1S/C17H15FN4O3/c1-10-14(11(2)22-17(21-10)19-9-20-22)7-16(24)25-8-15(23)12-3-5-13(18)6-4-12/h3-6,9H,7-8H2,1-2H3. The lowest BCUT2D eigenvalue weighted by molar-refractivity contribution is -0.141. The number of hydrogen-bond acceptors (Lipinski definition) is 6. The van der Waals surface area contributed by atoms with Crippen LogP contribution in [0.25, 0.3) is 5.78 Å². The summed E-state index contributed by atoms with van der Waals surface area (Å²) in [4.78, 5) is 32.3. The number of carbonyl (C=O) groups excluding carboxylic acids is 2. The number of ether oxygens (including phenoxy) is 1. The molecular formula is C17H15FN4O3. The first-order valence-corrected chi connectivity index (χ1v) is 7.56. The summed E-state index contributed by atoms with van der Waals surface area (Å²) >= 11 is 0. The van der Waals surface area contributed by atoms with Crippen LogP contribution in [0.5, 0.6) is 0 Å². The number of Topliss-reactive ketones (excluding diaryl/α,β-unsaturated/α-hetero) is 1. The van der Waals surface area contributed by atoms with E-state index < -0.39 is 24.2 Å². The number of aromatic nitrogens is 4. The summed E-state index contributed by atoms with van der Waals surface area (Å²) < 4.78 is 19.4. The fraction of sp³-hybridized carbons (Fsp3) is 0.235. The van der Waals surface area contributed by atoms with Crippen LogP contribution in [-0.4, -0.2) is 37.9 Å². The number of hydrogen-bond donors (Lipinski definition) is 0. The average Bonchev–Trinajstić information content (AvgIpc) is 3.05. The smallest absolute Gasteiger partial charge is 0.310 e. The molecular weight excluding hydrogens is 327 g/mol. The number of nitrogens with zero attached hydrogens (tertiary/aromatic N) is 4. The Labute approximate surface area is 142 Å². The molecule has 2 heterocycles. The highest BCUT2D eigenvalue weighted by atomic mass is 19.1. The third-order valence-electron chi connectivity index (χ3n) is 3.84. The first-order valence-electron chi connectivity index (χ1n) is 7.56. The summed E-state index contributed by atoms with van der Waals surface area (Å²) in [5.74, 6) is -0.927. The van der Waals surface area contributed by atoms with Gasteiger partial charge in [0.1, 0.15) is 12.1 Å². The van der Waals surface area contributed by atoms with Crippen LogP contribution >= 0.6 is 0 Å². The van der Waals surface area contributed by atoms with Crippen molar-refractivity contribution < 1.29 is 18.7 Å². The summed E-state index contributed by atoms with van der Waals surface area (Å²) in [5.41, 5.74) is 2.35. The lowest BCUT2D eigenvalue weighted by Crippen LogP contribution is -2.17. The Hall–Kier alpha value is -3.16. The highest BCUT2D eigenvalue weighted by Crippen LogP contribution is 2.14. The largest absolute Gasteiger partial charge is 0.457 e. The molecule has 0 amide bonds. The molecule has 1 aromatic carbocycles. The third kappa shape index (κ3) is 3.52. The van der Waals surface area contributed by atoms with E-state index in [-0.39, 0.29) is 12.0 Å². The van der Waals surface area contributed by atoms with Crippen molar-refractivity contribution >= 4 is 17.5 Å². The Bertz CT molecular complexity index is 950. The van der Waals surface area contributed by atoms with Crippen molar-refractivity contribution in [3.05, 3.63) is 58.9 Å². The van der Waals surface area contributed by atoms with E-state index in [1.165, 1.54) is 30.6 Å². The second-order valence-electron chi connectivity index (χ2n) is 5.50. The van der Waals surface area contributed by atoms with E-state index in [0.717, 1.165) is 5.69 Å². The van der Waals surface area contributed by atoms with Gasteiger partial charge in [-0.1, -0.05) is 0 Å². The molecule has 0 saturated carbocycles. The van der Waals surface area contributed by atoms with Crippen LogP contribution in [0.3, 0.4) is 0 Å². The molecule has 0 aliphatic rings. The highest BCUT2D eigenvalue weighted by Gasteiger charge is 2.16. The molecule has 0 saturated heterocycles. The Morgan fingerprint density at radius 1 is 1.20 bits per heavy atom. The summed E-state index contributed by atoms with van der Waals surface area (Å²) in [7, 11) is 0. The fourth-order valence-electron chi connectivity index (χ4n) is 2.47. The van der Waals surface area contributed by atoms with Crippen molar-refractivity contribution in [3.63, 3.8) is 0 Å². The number of carbonyl (C=O) groups is 2. The molecule has 0 aliphatic heterocycles. The van der Waals surface area contributed by atoms with Crippen LogP contribution in [0.4, 0.5) is 4.39 Å². The molecule has 3 aromatic rings. The van der Waals surface area contributed by atoms with E-state index in [1.54, 1.807) is 11.4 Å². The maximum Gasteiger partial charge on any atom is 0.310 e. The highest BCUT2D eigenvalue weighted by molar-refractivity contribution is 5.97. The van der Waals surface area contributed by atoms with Crippen LogP contribution in [0.1, 0.15) is 27.3 Å². The van der Waals surface area contributed by atoms with Gasteiger partial charge >= 0.3 is 5.97 Å². The first kappa shape index (κ1) is 16.7. The summed E-state index contributed by atoms with van der Waals surface area (Å²) in [6.45, 7) is 3.18. The van der Waals surface area contributed by atoms with Crippen LogP contribution in [0.2, 0.25) is 0 Å². The number of ketones is 1. The monoisotopic (exact) mass is 342 g/mol. The minimum absolute atomic E-state index is 0.0306. The molecule has 0 aliphatic carbocycles. The van der Waals surface area contributed by atoms with Crippen LogP contribution in [0.15, 0.2) is 30.6 Å². The second kappa shape index (κ2) is 6.76. The van der Waals surface area contributed by atoms with Crippen molar-refractivity contribution in [1.82, 2.24) is 19.6 Å². The Balaban J connectivity index is 1.67. The number of aryl methyl sites for hydroxylation is 2. The van der Waals surface area contributed by atoms with Gasteiger partial charge < -0.3 is 4.74 Å². The van der Waals surface area contributed by atoms with Gasteiger partial charge in [-0.2, -0.15) is 10.1 Å². The molecule has 7 nitrogen and oxygen atoms in total. The van der Waals surface area contributed by atoms with Gasteiger partial charge in [-0.25, -0.2) is 13.9 Å². The zero-order chi connectivity index (χ0) is 18.0. The lowest BCUT2D eigenvalue weighted by Gasteiger charge is -2.10. The molecule has 8 heteroatoms. The maximum atomic E-state index is 12.9. The quantitative estimate of drug-likeness (QED) is 0.519. The van der Waals surface area contributed by atoms with E-state index in [1.807, 2.05) is 6.92 Å². The van der Waals surface area contributed by atoms with Crippen molar-refractivity contribution in [1.29, 1.82) is 0 Å². The molecule has 0 atom stereocenters. The number of halogens is 1. The summed E-state index contributed by atoms with van der Waals surface area (Å²) in [5, 5.41) is 4.05. The molecule has 0 N–H and O–H groups in total. The van der Waals surface area contributed by atoms with Gasteiger partial charge in [-0.05, 0) is 38.1 Å². The Kier molecular flexibility index (Phi) is 4.51.